The van der Waals surface area contributed by atoms with E-state index in [1.165, 1.54) is 6.92 Å². The van der Waals surface area contributed by atoms with Crippen LogP contribution in [0.2, 0.25) is 0 Å². The molecule has 2 N–H and O–H groups in total. The number of nitrogens with zero attached hydrogens (tertiary/aromatic N) is 3. The molecule has 2 aromatic rings. The third-order valence-corrected chi connectivity index (χ3v) is 6.07. The molecule has 1 heterocycles. The van der Waals surface area contributed by atoms with Crippen molar-refractivity contribution in [2.75, 3.05) is 7.05 Å². The summed E-state index contributed by atoms with van der Waals surface area (Å²) in [5.41, 5.74) is 1.97. The number of rotatable bonds is 6. The molecule has 1 atom stereocenters. The van der Waals surface area contributed by atoms with Gasteiger partial charge in [-0.3, -0.25) is 14.4 Å². The van der Waals surface area contributed by atoms with Crippen LogP contribution in [0.25, 0.3) is 11.0 Å². The lowest BCUT2D eigenvalue weighted by Gasteiger charge is -2.35. The SMILES string of the molecule is CCC(NC(C)=O)C(=O)NC1CCC(N(C)C(=O)c2cccc3nsnc23)CC1. The number of amides is 3. The zero-order chi connectivity index (χ0) is 21.0. The number of benzene rings is 1. The number of hydrogen-bond donors (Lipinski definition) is 2. The Labute approximate surface area is 174 Å². The molecule has 0 saturated heterocycles. The highest BCUT2D eigenvalue weighted by molar-refractivity contribution is 7.00. The lowest BCUT2D eigenvalue weighted by atomic mass is 9.89. The fourth-order valence-corrected chi connectivity index (χ4v) is 4.39. The summed E-state index contributed by atoms with van der Waals surface area (Å²) in [6, 6.07) is 5.17. The minimum atomic E-state index is -0.498. The molecule has 1 aromatic carbocycles. The number of hydrogen-bond acceptors (Lipinski definition) is 6. The second kappa shape index (κ2) is 9.30. The average Bonchev–Trinajstić information content (AvgIpc) is 3.20. The van der Waals surface area contributed by atoms with E-state index in [1.807, 2.05) is 26.1 Å². The molecule has 1 saturated carbocycles. The minimum absolute atomic E-state index is 0.0486. The number of carbonyl (C=O) groups excluding carboxylic acids is 3. The zero-order valence-corrected chi connectivity index (χ0v) is 17.8. The van der Waals surface area contributed by atoms with Gasteiger partial charge in [-0.15, -0.1) is 0 Å². The molecule has 156 valence electrons. The van der Waals surface area contributed by atoms with Crippen LogP contribution in [-0.2, 0) is 9.59 Å². The van der Waals surface area contributed by atoms with E-state index in [2.05, 4.69) is 19.4 Å². The summed E-state index contributed by atoms with van der Waals surface area (Å²) >= 11 is 1.11. The average molecular weight is 418 g/mol. The van der Waals surface area contributed by atoms with Crippen molar-refractivity contribution in [2.45, 2.75) is 64.1 Å². The van der Waals surface area contributed by atoms with Crippen LogP contribution >= 0.6 is 11.7 Å². The van der Waals surface area contributed by atoms with E-state index in [0.717, 1.165) is 42.9 Å². The van der Waals surface area contributed by atoms with Gasteiger partial charge in [-0.25, -0.2) is 0 Å². The summed E-state index contributed by atoms with van der Waals surface area (Å²) in [5, 5.41) is 5.72. The van der Waals surface area contributed by atoms with E-state index >= 15 is 0 Å². The van der Waals surface area contributed by atoms with E-state index in [4.69, 9.17) is 0 Å². The highest BCUT2D eigenvalue weighted by Crippen LogP contribution is 2.25. The van der Waals surface area contributed by atoms with Crippen LogP contribution in [0.15, 0.2) is 18.2 Å². The van der Waals surface area contributed by atoms with Gasteiger partial charge in [0.1, 0.15) is 17.1 Å². The van der Waals surface area contributed by atoms with Gasteiger partial charge in [0, 0.05) is 26.1 Å². The molecule has 9 heteroatoms. The number of aromatic nitrogens is 2. The predicted molar refractivity (Wildman–Crippen MR) is 112 cm³/mol. The number of carbonyl (C=O) groups is 3. The van der Waals surface area contributed by atoms with Crippen molar-refractivity contribution in [3.05, 3.63) is 23.8 Å². The van der Waals surface area contributed by atoms with Gasteiger partial charge in [-0.05, 0) is 44.2 Å². The topological polar surface area (TPSA) is 104 Å². The molecule has 3 rings (SSSR count). The van der Waals surface area contributed by atoms with Crippen molar-refractivity contribution in [1.82, 2.24) is 24.3 Å². The van der Waals surface area contributed by atoms with Gasteiger partial charge in [0.2, 0.25) is 11.8 Å². The fraction of sp³-hybridized carbons (Fsp3) is 0.550. The molecule has 1 aliphatic rings. The molecule has 1 aliphatic carbocycles. The normalized spacial score (nSPS) is 20.1. The Morgan fingerprint density at radius 1 is 1.21 bits per heavy atom. The summed E-state index contributed by atoms with van der Waals surface area (Å²) in [6.45, 7) is 3.28. The predicted octanol–water partition coefficient (Wildman–Crippen LogP) is 2.11. The quantitative estimate of drug-likeness (QED) is 0.749. The van der Waals surface area contributed by atoms with Crippen LogP contribution in [0.1, 0.15) is 56.3 Å². The lowest BCUT2D eigenvalue weighted by molar-refractivity contribution is -0.128. The van der Waals surface area contributed by atoms with Crippen LogP contribution in [0, 0.1) is 0 Å². The molecule has 1 fully saturated rings. The number of fused-ring (bicyclic) bond motifs is 1. The maximum absolute atomic E-state index is 13.0. The van der Waals surface area contributed by atoms with Crippen LogP contribution in [0.5, 0.6) is 0 Å². The van der Waals surface area contributed by atoms with Crippen LogP contribution in [-0.4, -0.2) is 56.5 Å². The summed E-state index contributed by atoms with van der Waals surface area (Å²) in [6.07, 6.45) is 3.78. The molecule has 0 aliphatic heterocycles. The molecule has 0 spiro atoms. The second-order valence-corrected chi connectivity index (χ2v) is 8.06. The Hall–Kier alpha value is -2.55. The maximum atomic E-state index is 13.0. The van der Waals surface area contributed by atoms with Gasteiger partial charge < -0.3 is 15.5 Å². The summed E-state index contributed by atoms with van der Waals surface area (Å²) < 4.78 is 8.47. The van der Waals surface area contributed by atoms with Crippen molar-refractivity contribution in [2.24, 2.45) is 0 Å². The molecular weight excluding hydrogens is 390 g/mol. The van der Waals surface area contributed by atoms with E-state index in [0.29, 0.717) is 17.5 Å². The van der Waals surface area contributed by atoms with E-state index in [-0.39, 0.29) is 29.8 Å². The van der Waals surface area contributed by atoms with Gasteiger partial charge in [-0.2, -0.15) is 8.75 Å². The fourth-order valence-electron chi connectivity index (χ4n) is 3.84. The van der Waals surface area contributed by atoms with E-state index in [1.54, 1.807) is 11.0 Å². The second-order valence-electron chi connectivity index (χ2n) is 7.53. The summed E-state index contributed by atoms with van der Waals surface area (Å²) in [4.78, 5) is 38.4. The maximum Gasteiger partial charge on any atom is 0.256 e. The first-order valence-electron chi connectivity index (χ1n) is 9.96. The lowest BCUT2D eigenvalue weighted by Crippen LogP contribution is -2.50. The molecule has 0 radical (unpaired) electrons. The van der Waals surface area contributed by atoms with Gasteiger partial charge in [-0.1, -0.05) is 13.0 Å². The van der Waals surface area contributed by atoms with E-state index < -0.39 is 6.04 Å². The van der Waals surface area contributed by atoms with Crippen molar-refractivity contribution >= 4 is 40.5 Å². The minimum Gasteiger partial charge on any atom is -0.352 e. The first-order chi connectivity index (χ1) is 13.9. The molecular formula is C20H27N5O3S. The van der Waals surface area contributed by atoms with Crippen LogP contribution in [0.3, 0.4) is 0 Å². The van der Waals surface area contributed by atoms with Crippen molar-refractivity contribution in [3.63, 3.8) is 0 Å². The first-order valence-corrected chi connectivity index (χ1v) is 10.7. The largest absolute Gasteiger partial charge is 0.352 e. The van der Waals surface area contributed by atoms with Crippen molar-refractivity contribution in [3.8, 4) is 0 Å². The Morgan fingerprint density at radius 2 is 1.93 bits per heavy atom. The smallest absolute Gasteiger partial charge is 0.256 e. The zero-order valence-electron chi connectivity index (χ0n) is 17.0. The van der Waals surface area contributed by atoms with Gasteiger partial charge in [0.25, 0.3) is 5.91 Å². The molecule has 3 amide bonds. The Kier molecular flexibility index (Phi) is 6.79. The molecule has 8 nitrogen and oxygen atoms in total. The summed E-state index contributed by atoms with van der Waals surface area (Å²) in [5.74, 6) is -0.396. The Balaban J connectivity index is 1.56. The highest BCUT2D eigenvalue weighted by Gasteiger charge is 2.30. The van der Waals surface area contributed by atoms with Gasteiger partial charge in [0.15, 0.2) is 0 Å². The van der Waals surface area contributed by atoms with Crippen LogP contribution in [0.4, 0.5) is 0 Å². The van der Waals surface area contributed by atoms with Gasteiger partial charge in [0.05, 0.1) is 17.3 Å². The Bertz CT molecular complexity index is 891. The Morgan fingerprint density at radius 3 is 2.59 bits per heavy atom. The van der Waals surface area contributed by atoms with Gasteiger partial charge >= 0.3 is 0 Å². The van der Waals surface area contributed by atoms with Crippen molar-refractivity contribution in [1.29, 1.82) is 0 Å². The monoisotopic (exact) mass is 417 g/mol. The molecule has 1 unspecified atom stereocenters. The van der Waals surface area contributed by atoms with Crippen LogP contribution < -0.4 is 10.6 Å². The number of nitrogens with one attached hydrogen (secondary N) is 2. The van der Waals surface area contributed by atoms with E-state index in [9.17, 15) is 14.4 Å². The molecule has 0 bridgehead atoms. The third-order valence-electron chi connectivity index (χ3n) is 5.53. The van der Waals surface area contributed by atoms with Crippen molar-refractivity contribution < 1.29 is 14.4 Å². The first kappa shape index (κ1) is 21.2. The summed E-state index contributed by atoms with van der Waals surface area (Å²) in [7, 11) is 1.83. The molecule has 1 aromatic heterocycles. The standard InChI is InChI=1S/C20H27N5O3S/c1-4-16(21-12(2)26)19(27)22-13-8-10-14(11-9-13)25(3)20(28)15-6-5-7-17-18(15)24-29-23-17/h5-7,13-14,16H,4,8-11H2,1-3H3,(H,21,26)(H,22,27). The highest BCUT2D eigenvalue weighted by atomic mass is 32.1. The molecule has 29 heavy (non-hydrogen) atoms. The third kappa shape index (κ3) is 4.90.